The number of amides is 3. The van der Waals surface area contributed by atoms with E-state index in [0.717, 1.165) is 0 Å². The molecule has 0 unspecified atom stereocenters. The molecule has 7 heteroatoms. The van der Waals surface area contributed by atoms with Gasteiger partial charge in [0.25, 0.3) is 5.91 Å². The Balaban J connectivity index is 1.98. The van der Waals surface area contributed by atoms with E-state index >= 15 is 0 Å². The van der Waals surface area contributed by atoms with Crippen LogP contribution in [0.5, 0.6) is 5.75 Å². The molecule has 0 aromatic heterocycles. The SMILES string of the molecule is CCNC(=O)NC(=O)[C@@H](C)Oc1ccc(C(=O)c2ccc(F)cc2)cc1. The van der Waals surface area contributed by atoms with E-state index in [4.69, 9.17) is 4.74 Å². The van der Waals surface area contributed by atoms with Crippen LogP contribution in [0.15, 0.2) is 48.5 Å². The zero-order chi connectivity index (χ0) is 19.1. The predicted molar refractivity (Wildman–Crippen MR) is 93.6 cm³/mol. The lowest BCUT2D eigenvalue weighted by Crippen LogP contribution is -2.45. The molecule has 3 amide bonds. The van der Waals surface area contributed by atoms with Crippen LogP contribution in [0.3, 0.4) is 0 Å². The third-order valence-electron chi connectivity index (χ3n) is 3.48. The number of carbonyl (C=O) groups excluding carboxylic acids is 3. The van der Waals surface area contributed by atoms with E-state index in [2.05, 4.69) is 10.6 Å². The highest BCUT2D eigenvalue weighted by atomic mass is 19.1. The number of halogens is 1. The van der Waals surface area contributed by atoms with Crippen LogP contribution in [-0.2, 0) is 4.79 Å². The van der Waals surface area contributed by atoms with Crippen LogP contribution in [-0.4, -0.2) is 30.4 Å². The van der Waals surface area contributed by atoms with Crippen LogP contribution in [0.25, 0.3) is 0 Å². The largest absolute Gasteiger partial charge is 0.481 e. The Morgan fingerprint density at radius 2 is 1.54 bits per heavy atom. The first kappa shape index (κ1) is 19.1. The Hall–Kier alpha value is -3.22. The summed E-state index contributed by atoms with van der Waals surface area (Å²) >= 11 is 0. The highest BCUT2D eigenvalue weighted by Crippen LogP contribution is 2.17. The summed E-state index contributed by atoms with van der Waals surface area (Å²) in [6.45, 7) is 3.64. The summed E-state index contributed by atoms with van der Waals surface area (Å²) in [6, 6.07) is 10.9. The number of urea groups is 1. The van der Waals surface area contributed by atoms with Gasteiger partial charge in [0.05, 0.1) is 0 Å². The van der Waals surface area contributed by atoms with Crippen molar-refractivity contribution in [3.05, 3.63) is 65.5 Å². The molecule has 0 spiro atoms. The molecule has 26 heavy (non-hydrogen) atoms. The van der Waals surface area contributed by atoms with Crippen molar-refractivity contribution < 1.29 is 23.5 Å². The zero-order valence-electron chi connectivity index (χ0n) is 14.4. The molecule has 0 saturated carbocycles. The Kier molecular flexibility index (Phi) is 6.43. The molecule has 0 aliphatic heterocycles. The summed E-state index contributed by atoms with van der Waals surface area (Å²) < 4.78 is 18.4. The van der Waals surface area contributed by atoms with Gasteiger partial charge in [-0.2, -0.15) is 0 Å². The average molecular weight is 358 g/mol. The topological polar surface area (TPSA) is 84.5 Å². The molecule has 0 fully saturated rings. The van der Waals surface area contributed by atoms with E-state index in [-0.39, 0.29) is 5.78 Å². The highest BCUT2D eigenvalue weighted by Gasteiger charge is 2.17. The molecule has 0 saturated heterocycles. The third-order valence-corrected chi connectivity index (χ3v) is 3.48. The molecule has 0 heterocycles. The van der Waals surface area contributed by atoms with E-state index in [1.54, 1.807) is 31.2 Å². The van der Waals surface area contributed by atoms with Gasteiger partial charge in [0.15, 0.2) is 11.9 Å². The fourth-order valence-corrected chi connectivity index (χ4v) is 2.13. The molecule has 136 valence electrons. The highest BCUT2D eigenvalue weighted by molar-refractivity contribution is 6.09. The molecule has 2 aromatic carbocycles. The number of hydrogen-bond donors (Lipinski definition) is 2. The Morgan fingerprint density at radius 3 is 2.08 bits per heavy atom. The van der Waals surface area contributed by atoms with Gasteiger partial charge < -0.3 is 10.1 Å². The maximum Gasteiger partial charge on any atom is 0.321 e. The van der Waals surface area contributed by atoms with E-state index in [9.17, 15) is 18.8 Å². The Bertz CT molecular complexity index is 788. The molecule has 2 aromatic rings. The van der Waals surface area contributed by atoms with Gasteiger partial charge in [-0.05, 0) is 62.4 Å². The van der Waals surface area contributed by atoms with Crippen molar-refractivity contribution >= 4 is 17.7 Å². The maximum absolute atomic E-state index is 12.9. The molecular formula is C19H19FN2O4. The van der Waals surface area contributed by atoms with Crippen LogP contribution in [0, 0.1) is 5.82 Å². The number of imide groups is 1. The van der Waals surface area contributed by atoms with Gasteiger partial charge in [-0.1, -0.05) is 0 Å². The number of carbonyl (C=O) groups is 3. The molecular weight excluding hydrogens is 339 g/mol. The van der Waals surface area contributed by atoms with Gasteiger partial charge in [-0.15, -0.1) is 0 Å². The van der Waals surface area contributed by atoms with Gasteiger partial charge in [0, 0.05) is 17.7 Å². The number of rotatable bonds is 6. The number of ketones is 1. The van der Waals surface area contributed by atoms with Crippen molar-refractivity contribution in [2.75, 3.05) is 6.54 Å². The van der Waals surface area contributed by atoms with Crippen LogP contribution < -0.4 is 15.4 Å². The standard InChI is InChI=1S/C19H19FN2O4/c1-3-21-19(25)22-18(24)12(2)26-16-10-6-14(7-11-16)17(23)13-4-8-15(20)9-5-13/h4-12H,3H2,1-2H3,(H2,21,22,24,25)/t12-/m1/s1. The van der Waals surface area contributed by atoms with Crippen molar-refractivity contribution in [1.82, 2.24) is 10.6 Å². The van der Waals surface area contributed by atoms with Gasteiger partial charge in [0.1, 0.15) is 11.6 Å². The Labute approximate surface area is 150 Å². The summed E-state index contributed by atoms with van der Waals surface area (Å²) in [4.78, 5) is 35.5. The maximum atomic E-state index is 12.9. The number of benzene rings is 2. The molecule has 0 aliphatic carbocycles. The van der Waals surface area contributed by atoms with Gasteiger partial charge in [-0.25, -0.2) is 9.18 Å². The quantitative estimate of drug-likeness (QED) is 0.778. The van der Waals surface area contributed by atoms with Crippen molar-refractivity contribution in [1.29, 1.82) is 0 Å². The minimum absolute atomic E-state index is 0.251. The van der Waals surface area contributed by atoms with Crippen molar-refractivity contribution in [3.8, 4) is 5.75 Å². The minimum atomic E-state index is -0.892. The van der Waals surface area contributed by atoms with Gasteiger partial charge in [-0.3, -0.25) is 14.9 Å². The average Bonchev–Trinajstić information content (AvgIpc) is 2.62. The zero-order valence-corrected chi connectivity index (χ0v) is 14.4. The molecule has 0 bridgehead atoms. The Morgan fingerprint density at radius 1 is 1.00 bits per heavy atom. The van der Waals surface area contributed by atoms with E-state index in [1.165, 1.54) is 31.2 Å². The van der Waals surface area contributed by atoms with Gasteiger partial charge in [0.2, 0.25) is 0 Å². The molecule has 6 nitrogen and oxygen atoms in total. The lowest BCUT2D eigenvalue weighted by molar-refractivity contribution is -0.126. The smallest absolute Gasteiger partial charge is 0.321 e. The first-order valence-electron chi connectivity index (χ1n) is 8.06. The van der Waals surface area contributed by atoms with Crippen LogP contribution in [0.1, 0.15) is 29.8 Å². The molecule has 2 N–H and O–H groups in total. The number of ether oxygens (including phenoxy) is 1. The van der Waals surface area contributed by atoms with Crippen LogP contribution in [0.2, 0.25) is 0 Å². The predicted octanol–water partition coefficient (Wildman–Crippen LogP) is 2.67. The lowest BCUT2D eigenvalue weighted by atomic mass is 10.0. The first-order valence-corrected chi connectivity index (χ1v) is 8.06. The minimum Gasteiger partial charge on any atom is -0.481 e. The molecule has 0 aliphatic rings. The monoisotopic (exact) mass is 358 g/mol. The van der Waals surface area contributed by atoms with Crippen molar-refractivity contribution in [2.45, 2.75) is 20.0 Å². The van der Waals surface area contributed by atoms with E-state index < -0.39 is 23.9 Å². The second-order valence-electron chi connectivity index (χ2n) is 5.47. The third kappa shape index (κ3) is 5.14. The summed E-state index contributed by atoms with van der Waals surface area (Å²) in [7, 11) is 0. The van der Waals surface area contributed by atoms with Gasteiger partial charge >= 0.3 is 6.03 Å². The summed E-state index contributed by atoms with van der Waals surface area (Å²) in [6.07, 6.45) is -0.892. The fourth-order valence-electron chi connectivity index (χ4n) is 2.13. The van der Waals surface area contributed by atoms with E-state index in [1.807, 2.05) is 0 Å². The van der Waals surface area contributed by atoms with Crippen LogP contribution in [0.4, 0.5) is 9.18 Å². The van der Waals surface area contributed by atoms with Crippen LogP contribution >= 0.6 is 0 Å². The second kappa shape index (κ2) is 8.75. The molecule has 0 radical (unpaired) electrons. The first-order chi connectivity index (χ1) is 12.4. The second-order valence-corrected chi connectivity index (χ2v) is 5.47. The van der Waals surface area contributed by atoms with Crippen molar-refractivity contribution in [2.24, 2.45) is 0 Å². The summed E-state index contributed by atoms with van der Waals surface area (Å²) in [5.41, 5.74) is 0.776. The number of nitrogens with one attached hydrogen (secondary N) is 2. The van der Waals surface area contributed by atoms with Crippen molar-refractivity contribution in [3.63, 3.8) is 0 Å². The fraction of sp³-hybridized carbons (Fsp3) is 0.211. The normalized spacial score (nSPS) is 11.3. The summed E-state index contributed by atoms with van der Waals surface area (Å²) in [5.74, 6) is -0.870. The number of hydrogen-bond acceptors (Lipinski definition) is 4. The van der Waals surface area contributed by atoms with E-state index in [0.29, 0.717) is 23.4 Å². The molecule has 2 rings (SSSR count). The molecule has 1 atom stereocenters. The summed E-state index contributed by atoms with van der Waals surface area (Å²) in [5, 5.41) is 4.60. The lowest BCUT2D eigenvalue weighted by Gasteiger charge is -2.14.